The molecule has 4 aromatic heterocycles. The molecule has 9 heteroatoms. The molecule has 0 aliphatic carbocycles. The van der Waals surface area contributed by atoms with E-state index >= 15 is 0 Å². The van der Waals surface area contributed by atoms with E-state index in [4.69, 9.17) is 9.72 Å². The highest BCUT2D eigenvalue weighted by Gasteiger charge is 2.18. The Kier molecular flexibility index (Phi) is 5.36. The minimum Gasteiger partial charge on any atom is -0.378 e. The van der Waals surface area contributed by atoms with Crippen LogP contribution in [0.4, 0.5) is 5.95 Å². The lowest BCUT2D eigenvalue weighted by Crippen LogP contribution is -2.37. The molecule has 36 heavy (non-hydrogen) atoms. The first-order valence-corrected chi connectivity index (χ1v) is 12.6. The Hall–Kier alpha value is -3.82. The number of imidazole rings is 1. The molecule has 0 radical (unpaired) electrons. The third-order valence-electron chi connectivity index (χ3n) is 7.35. The zero-order chi connectivity index (χ0) is 23.9. The SMILES string of the molecule is c1nc(N2CCOCC2)ncc1-c1cnc2[nH]cc(-c3ccc4ncn(C5CCCNC5)c4c3)c2c1. The Labute approximate surface area is 208 Å². The summed E-state index contributed by atoms with van der Waals surface area (Å²) in [5, 5.41) is 4.60. The van der Waals surface area contributed by atoms with Crippen LogP contribution in [0.1, 0.15) is 18.9 Å². The van der Waals surface area contributed by atoms with Gasteiger partial charge in [-0.3, -0.25) is 0 Å². The summed E-state index contributed by atoms with van der Waals surface area (Å²) in [5.74, 6) is 0.747. The molecule has 2 aliphatic heterocycles. The van der Waals surface area contributed by atoms with E-state index in [0.29, 0.717) is 19.3 Å². The fourth-order valence-corrected chi connectivity index (χ4v) is 5.35. The molecule has 9 nitrogen and oxygen atoms in total. The molecule has 2 N–H and O–H groups in total. The van der Waals surface area contributed by atoms with Crippen molar-refractivity contribution < 1.29 is 4.74 Å². The van der Waals surface area contributed by atoms with Crippen molar-refractivity contribution in [2.45, 2.75) is 18.9 Å². The Morgan fingerprint density at radius 2 is 1.78 bits per heavy atom. The van der Waals surface area contributed by atoms with Crippen molar-refractivity contribution in [1.82, 2.24) is 34.8 Å². The maximum atomic E-state index is 5.44. The van der Waals surface area contributed by atoms with Gasteiger partial charge in [0.25, 0.3) is 0 Å². The Morgan fingerprint density at radius 1 is 0.917 bits per heavy atom. The van der Waals surface area contributed by atoms with Crippen molar-refractivity contribution in [3.63, 3.8) is 0 Å². The molecule has 0 saturated carbocycles. The van der Waals surface area contributed by atoms with Crippen molar-refractivity contribution in [2.75, 3.05) is 44.3 Å². The molecule has 1 unspecified atom stereocenters. The number of piperidine rings is 1. The molecular formula is C27H28N8O. The molecule has 1 aromatic carbocycles. The van der Waals surface area contributed by atoms with Crippen molar-refractivity contribution in [3.8, 4) is 22.3 Å². The standard InChI is InChI=1S/C27H28N8O/c1-2-21(15-28-5-1)35-17-33-24-4-3-18(11-25(24)35)23-16-30-26-22(23)10-19(12-29-26)20-13-31-27(32-14-20)34-6-8-36-9-7-34/h3-4,10-14,16-17,21,28H,1-2,5-9,15H2,(H,29,30). The summed E-state index contributed by atoms with van der Waals surface area (Å²) in [5.41, 5.74) is 7.29. The smallest absolute Gasteiger partial charge is 0.225 e. The van der Waals surface area contributed by atoms with E-state index in [1.165, 1.54) is 18.4 Å². The first-order valence-electron chi connectivity index (χ1n) is 12.6. The van der Waals surface area contributed by atoms with Gasteiger partial charge in [-0.2, -0.15) is 0 Å². The van der Waals surface area contributed by atoms with Gasteiger partial charge in [0.1, 0.15) is 5.65 Å². The summed E-state index contributed by atoms with van der Waals surface area (Å²) >= 11 is 0. The second kappa shape index (κ2) is 9.00. The number of aromatic nitrogens is 6. The quantitative estimate of drug-likeness (QED) is 0.404. The van der Waals surface area contributed by atoms with Crippen LogP contribution in [0, 0.1) is 0 Å². The van der Waals surface area contributed by atoms with Gasteiger partial charge in [-0.05, 0) is 43.1 Å². The first-order chi connectivity index (χ1) is 17.8. The van der Waals surface area contributed by atoms with Gasteiger partial charge in [0, 0.05) is 72.5 Å². The van der Waals surface area contributed by atoms with E-state index in [2.05, 4.69) is 59.0 Å². The zero-order valence-electron chi connectivity index (χ0n) is 20.0. The van der Waals surface area contributed by atoms with Gasteiger partial charge in [-0.1, -0.05) is 6.07 Å². The molecular weight excluding hydrogens is 452 g/mol. The van der Waals surface area contributed by atoms with E-state index in [9.17, 15) is 0 Å². The largest absolute Gasteiger partial charge is 0.378 e. The van der Waals surface area contributed by atoms with Crippen LogP contribution in [0.25, 0.3) is 44.3 Å². The average Bonchev–Trinajstić information content (AvgIpc) is 3.58. The number of hydrogen-bond acceptors (Lipinski definition) is 7. The van der Waals surface area contributed by atoms with E-state index in [1.54, 1.807) is 0 Å². The third kappa shape index (κ3) is 3.81. The summed E-state index contributed by atoms with van der Waals surface area (Å²) in [6.45, 7) is 5.15. The van der Waals surface area contributed by atoms with Gasteiger partial charge in [0.15, 0.2) is 0 Å². The fraction of sp³-hybridized carbons (Fsp3) is 0.333. The van der Waals surface area contributed by atoms with Gasteiger partial charge >= 0.3 is 0 Å². The highest BCUT2D eigenvalue weighted by atomic mass is 16.5. The topological polar surface area (TPSA) is 96.8 Å². The molecule has 182 valence electrons. The van der Waals surface area contributed by atoms with Crippen molar-refractivity contribution in [3.05, 3.63) is 55.4 Å². The highest BCUT2D eigenvalue weighted by molar-refractivity contribution is 5.97. The number of ether oxygens (including phenoxy) is 1. The van der Waals surface area contributed by atoms with Crippen LogP contribution in [0.2, 0.25) is 0 Å². The number of aromatic amines is 1. The number of rotatable bonds is 4. The van der Waals surface area contributed by atoms with Crippen molar-refractivity contribution in [2.24, 2.45) is 0 Å². The predicted octanol–water partition coefficient (Wildman–Crippen LogP) is 3.80. The minimum atomic E-state index is 0.440. The summed E-state index contributed by atoms with van der Waals surface area (Å²) in [6.07, 6.45) is 12.0. The van der Waals surface area contributed by atoms with Crippen LogP contribution in [0.15, 0.2) is 55.4 Å². The molecule has 5 aromatic rings. The summed E-state index contributed by atoms with van der Waals surface area (Å²) in [7, 11) is 0. The Morgan fingerprint density at radius 3 is 2.61 bits per heavy atom. The van der Waals surface area contributed by atoms with E-state index in [1.807, 2.05) is 31.1 Å². The summed E-state index contributed by atoms with van der Waals surface area (Å²) < 4.78 is 7.77. The second-order valence-corrected chi connectivity index (χ2v) is 9.55. The van der Waals surface area contributed by atoms with Gasteiger partial charge in [0.2, 0.25) is 5.95 Å². The fourth-order valence-electron chi connectivity index (χ4n) is 5.35. The van der Waals surface area contributed by atoms with Crippen LogP contribution in [-0.2, 0) is 4.74 Å². The number of H-pyrrole nitrogens is 1. The molecule has 2 fully saturated rings. The normalized spacial score (nSPS) is 18.8. The lowest BCUT2D eigenvalue weighted by atomic mass is 10.0. The number of fused-ring (bicyclic) bond motifs is 2. The minimum absolute atomic E-state index is 0.440. The summed E-state index contributed by atoms with van der Waals surface area (Å²) in [6, 6.07) is 9.14. The number of nitrogens with one attached hydrogen (secondary N) is 2. The molecule has 0 bridgehead atoms. The molecule has 0 spiro atoms. The number of benzene rings is 1. The van der Waals surface area contributed by atoms with Crippen LogP contribution in [0.5, 0.6) is 0 Å². The number of nitrogens with zero attached hydrogens (tertiary/aromatic N) is 6. The third-order valence-corrected chi connectivity index (χ3v) is 7.35. The van der Waals surface area contributed by atoms with Crippen molar-refractivity contribution in [1.29, 1.82) is 0 Å². The monoisotopic (exact) mass is 480 g/mol. The maximum absolute atomic E-state index is 5.44. The van der Waals surface area contributed by atoms with Crippen molar-refractivity contribution >= 4 is 28.0 Å². The number of morpholine rings is 1. The lowest BCUT2D eigenvalue weighted by Gasteiger charge is -2.26. The highest BCUT2D eigenvalue weighted by Crippen LogP contribution is 2.33. The molecule has 1 atom stereocenters. The Bertz CT molecular complexity index is 1510. The van der Waals surface area contributed by atoms with Crippen LogP contribution >= 0.6 is 0 Å². The van der Waals surface area contributed by atoms with Gasteiger partial charge < -0.3 is 24.5 Å². The zero-order valence-corrected chi connectivity index (χ0v) is 20.0. The van der Waals surface area contributed by atoms with Crippen LogP contribution in [0.3, 0.4) is 0 Å². The van der Waals surface area contributed by atoms with Gasteiger partial charge in [0.05, 0.1) is 30.6 Å². The van der Waals surface area contributed by atoms with Gasteiger partial charge in [-0.15, -0.1) is 0 Å². The van der Waals surface area contributed by atoms with E-state index < -0.39 is 0 Å². The molecule has 6 heterocycles. The van der Waals surface area contributed by atoms with Crippen LogP contribution in [-0.4, -0.2) is 68.9 Å². The summed E-state index contributed by atoms with van der Waals surface area (Å²) in [4.78, 5) is 24.1. The second-order valence-electron chi connectivity index (χ2n) is 9.55. The van der Waals surface area contributed by atoms with Gasteiger partial charge in [-0.25, -0.2) is 19.9 Å². The lowest BCUT2D eigenvalue weighted by molar-refractivity contribution is 0.122. The number of pyridine rings is 1. The predicted molar refractivity (Wildman–Crippen MR) is 140 cm³/mol. The van der Waals surface area contributed by atoms with Crippen LogP contribution < -0.4 is 10.2 Å². The average molecular weight is 481 g/mol. The molecule has 2 aliphatic rings. The molecule has 0 amide bonds. The Balaban J connectivity index is 1.23. The maximum Gasteiger partial charge on any atom is 0.225 e. The van der Waals surface area contributed by atoms with E-state index in [0.717, 1.165) is 70.9 Å². The molecule has 2 saturated heterocycles. The van der Waals surface area contributed by atoms with E-state index in [-0.39, 0.29) is 0 Å². The number of hydrogen-bond donors (Lipinski definition) is 2. The number of anilines is 1. The molecule has 7 rings (SSSR count). The first kappa shape index (κ1) is 21.5.